The van der Waals surface area contributed by atoms with E-state index in [4.69, 9.17) is 10.5 Å². The van der Waals surface area contributed by atoms with Crippen LogP contribution in [-0.2, 0) is 6.54 Å². The molecule has 1 aliphatic rings. The minimum Gasteiger partial charge on any atom is -0.497 e. The molecule has 1 fully saturated rings. The molecular weight excluding hydrogens is 448 g/mol. The number of nitrogen functional groups attached to an aromatic ring is 1. The number of rotatable bonds is 7. The number of nitrogens with zero attached hydrogens (tertiary/aromatic N) is 3. The molecule has 0 atom stereocenters. The standard InChI is InChI=1S/C19H28N2O.C10H12N4.3H2/c1-14-3-5-15(6-4-14)9-10-20-12-16-13-21-19-8-7-17(22-2)11-18(16)19;1-14(2)9-7-5-3-4-6-8(7)12-10(11)13-9;;;/h7-8,11,13-15,20-21H,3-6,9-10,12H2,1-2H3;3-6H,1-2H3,(H2,11,12,13);3*1H. The molecule has 4 aromatic rings. The summed E-state index contributed by atoms with van der Waals surface area (Å²) in [5, 5.41) is 5.90. The molecule has 0 aliphatic heterocycles. The molecule has 0 bridgehead atoms. The van der Waals surface area contributed by atoms with Crippen LogP contribution in [0, 0.1) is 11.8 Å². The van der Waals surface area contributed by atoms with Gasteiger partial charge in [0.25, 0.3) is 0 Å². The van der Waals surface area contributed by atoms with Crippen LogP contribution in [0.15, 0.2) is 48.7 Å². The van der Waals surface area contributed by atoms with Gasteiger partial charge in [-0.25, -0.2) is 4.98 Å². The van der Waals surface area contributed by atoms with Crippen LogP contribution in [0.5, 0.6) is 5.75 Å². The Labute approximate surface area is 218 Å². The topological polar surface area (TPSA) is 92.1 Å². The van der Waals surface area contributed by atoms with E-state index < -0.39 is 0 Å². The van der Waals surface area contributed by atoms with Crippen molar-refractivity contribution in [1.82, 2.24) is 20.3 Å². The Bertz CT molecular complexity index is 1270. The number of aromatic nitrogens is 3. The Morgan fingerprint density at radius 2 is 1.86 bits per heavy atom. The third kappa shape index (κ3) is 6.46. The van der Waals surface area contributed by atoms with Gasteiger partial charge in [-0.05, 0) is 60.7 Å². The predicted molar refractivity (Wildman–Crippen MR) is 157 cm³/mol. The number of nitrogens with two attached hydrogens (primary N) is 1. The minimum atomic E-state index is 0. The van der Waals surface area contributed by atoms with Crippen molar-refractivity contribution in [2.24, 2.45) is 11.8 Å². The van der Waals surface area contributed by atoms with Gasteiger partial charge in [0.2, 0.25) is 5.95 Å². The first-order chi connectivity index (χ1) is 17.4. The maximum Gasteiger partial charge on any atom is 0.222 e. The van der Waals surface area contributed by atoms with Gasteiger partial charge in [-0.1, -0.05) is 44.7 Å². The number of hydrogen-bond acceptors (Lipinski definition) is 6. The summed E-state index contributed by atoms with van der Waals surface area (Å²) in [6.07, 6.45) is 9.12. The van der Waals surface area contributed by atoms with Crippen LogP contribution < -0.4 is 20.7 Å². The number of H-pyrrole nitrogens is 1. The van der Waals surface area contributed by atoms with E-state index in [1.165, 1.54) is 48.6 Å². The summed E-state index contributed by atoms with van der Waals surface area (Å²) in [6.45, 7) is 4.44. The summed E-state index contributed by atoms with van der Waals surface area (Å²) in [5.41, 5.74) is 9.00. The Balaban J connectivity index is 0.000000392. The van der Waals surface area contributed by atoms with Gasteiger partial charge in [-0.2, -0.15) is 4.98 Å². The van der Waals surface area contributed by atoms with Crippen molar-refractivity contribution in [2.45, 2.75) is 45.6 Å². The second-order valence-corrected chi connectivity index (χ2v) is 10.1. The second-order valence-electron chi connectivity index (χ2n) is 10.1. The smallest absolute Gasteiger partial charge is 0.222 e. The first-order valence-electron chi connectivity index (χ1n) is 13.0. The zero-order valence-corrected chi connectivity index (χ0v) is 22.1. The van der Waals surface area contributed by atoms with E-state index in [-0.39, 0.29) is 4.28 Å². The lowest BCUT2D eigenvalue weighted by atomic mass is 9.81. The van der Waals surface area contributed by atoms with Gasteiger partial charge in [0.15, 0.2) is 0 Å². The maximum atomic E-state index is 5.61. The monoisotopic (exact) mass is 494 g/mol. The highest BCUT2D eigenvalue weighted by atomic mass is 16.5. The van der Waals surface area contributed by atoms with E-state index in [0.29, 0.717) is 5.95 Å². The van der Waals surface area contributed by atoms with E-state index in [1.54, 1.807) is 7.11 Å². The number of para-hydroxylation sites is 1. The largest absolute Gasteiger partial charge is 0.497 e. The SMILES string of the molecule is CN(C)c1nc(N)nc2ccccc12.COc1ccc2[nH]cc(CNCCC3CCC(C)CC3)c2c1.[HH].[HH].[HH]. The van der Waals surface area contributed by atoms with Gasteiger partial charge in [-0.15, -0.1) is 0 Å². The molecule has 0 saturated heterocycles. The zero-order valence-electron chi connectivity index (χ0n) is 22.1. The molecular formula is C29H46N6O. The quantitative estimate of drug-likeness (QED) is 0.254. The highest BCUT2D eigenvalue weighted by molar-refractivity contribution is 5.90. The first kappa shape index (κ1) is 25.8. The third-order valence-corrected chi connectivity index (χ3v) is 7.18. The van der Waals surface area contributed by atoms with Crippen LogP contribution in [-0.4, -0.2) is 42.7 Å². The Morgan fingerprint density at radius 3 is 2.61 bits per heavy atom. The minimum absolute atomic E-state index is 0. The third-order valence-electron chi connectivity index (χ3n) is 7.18. The molecule has 0 amide bonds. The van der Waals surface area contributed by atoms with Gasteiger partial charge in [0.1, 0.15) is 11.6 Å². The van der Waals surface area contributed by atoms with Crippen molar-refractivity contribution in [3.63, 3.8) is 0 Å². The molecule has 0 spiro atoms. The lowest BCUT2D eigenvalue weighted by molar-refractivity contribution is 0.275. The Kier molecular flexibility index (Phi) is 8.65. The first-order valence-corrected chi connectivity index (χ1v) is 13.0. The summed E-state index contributed by atoms with van der Waals surface area (Å²) >= 11 is 0. The van der Waals surface area contributed by atoms with E-state index >= 15 is 0 Å². The van der Waals surface area contributed by atoms with Crippen LogP contribution in [0.25, 0.3) is 21.8 Å². The molecule has 2 aromatic heterocycles. The van der Waals surface area contributed by atoms with Crippen molar-refractivity contribution in [3.8, 4) is 5.75 Å². The molecule has 0 radical (unpaired) electrons. The molecule has 4 N–H and O–H groups in total. The van der Waals surface area contributed by atoms with E-state index in [2.05, 4.69) is 45.5 Å². The maximum absolute atomic E-state index is 5.61. The molecule has 198 valence electrons. The number of aromatic amines is 1. The van der Waals surface area contributed by atoms with Gasteiger partial charge in [0, 0.05) is 47.4 Å². The highest BCUT2D eigenvalue weighted by Crippen LogP contribution is 2.30. The number of methoxy groups -OCH3 is 1. The van der Waals surface area contributed by atoms with Gasteiger partial charge in [-0.3, -0.25) is 0 Å². The Hall–Kier alpha value is -3.32. The summed E-state index contributed by atoms with van der Waals surface area (Å²) in [5.74, 6) is 3.97. The molecule has 0 unspecified atom stereocenters. The van der Waals surface area contributed by atoms with Crippen molar-refractivity contribution in [3.05, 3.63) is 54.2 Å². The molecule has 5 rings (SSSR count). The summed E-state index contributed by atoms with van der Waals surface area (Å²) in [6, 6.07) is 14.0. The van der Waals surface area contributed by atoms with Crippen molar-refractivity contribution >= 4 is 33.6 Å². The molecule has 7 heteroatoms. The average Bonchev–Trinajstić information content (AvgIpc) is 3.29. The molecule has 2 aromatic carbocycles. The summed E-state index contributed by atoms with van der Waals surface area (Å²) in [7, 11) is 5.60. The van der Waals surface area contributed by atoms with Crippen molar-refractivity contribution in [1.29, 1.82) is 0 Å². The normalized spacial score (nSPS) is 17.6. The van der Waals surface area contributed by atoms with E-state index in [9.17, 15) is 0 Å². The van der Waals surface area contributed by atoms with Crippen LogP contribution in [0.1, 0.15) is 48.9 Å². The fraction of sp³-hybridized carbons (Fsp3) is 0.448. The molecule has 1 aliphatic carbocycles. The second kappa shape index (κ2) is 12.1. The molecule has 36 heavy (non-hydrogen) atoms. The number of benzene rings is 2. The van der Waals surface area contributed by atoms with Crippen LogP contribution >= 0.6 is 0 Å². The lowest BCUT2D eigenvalue weighted by Crippen LogP contribution is -2.20. The number of nitrogens with one attached hydrogen (secondary N) is 2. The van der Waals surface area contributed by atoms with Crippen LogP contribution in [0.3, 0.4) is 0 Å². The number of hydrogen-bond donors (Lipinski definition) is 3. The van der Waals surface area contributed by atoms with Gasteiger partial charge >= 0.3 is 0 Å². The van der Waals surface area contributed by atoms with Crippen molar-refractivity contribution < 1.29 is 9.02 Å². The van der Waals surface area contributed by atoms with Gasteiger partial charge < -0.3 is 25.7 Å². The summed E-state index contributed by atoms with van der Waals surface area (Å²) in [4.78, 5) is 13.6. The average molecular weight is 495 g/mol. The van der Waals surface area contributed by atoms with Crippen molar-refractivity contribution in [2.75, 3.05) is 38.4 Å². The van der Waals surface area contributed by atoms with Gasteiger partial charge in [0.05, 0.1) is 12.6 Å². The molecule has 7 nitrogen and oxygen atoms in total. The molecule has 2 heterocycles. The summed E-state index contributed by atoms with van der Waals surface area (Å²) < 4.78 is 5.33. The fourth-order valence-electron chi connectivity index (χ4n) is 5.00. The predicted octanol–water partition coefficient (Wildman–Crippen LogP) is 6.50. The Morgan fingerprint density at radius 1 is 1.08 bits per heavy atom. The number of fused-ring (bicyclic) bond motifs is 2. The number of ether oxygens (including phenoxy) is 1. The zero-order chi connectivity index (χ0) is 25.5. The molecule has 1 saturated carbocycles. The van der Waals surface area contributed by atoms with E-state index in [1.807, 2.05) is 49.3 Å². The van der Waals surface area contributed by atoms with Crippen LogP contribution in [0.2, 0.25) is 0 Å². The number of anilines is 2. The highest BCUT2D eigenvalue weighted by Gasteiger charge is 2.17. The lowest BCUT2D eigenvalue weighted by Gasteiger charge is -2.26. The van der Waals surface area contributed by atoms with Crippen LogP contribution in [0.4, 0.5) is 11.8 Å². The fourth-order valence-corrected chi connectivity index (χ4v) is 5.00. The van der Waals surface area contributed by atoms with E-state index in [0.717, 1.165) is 47.4 Å².